The second kappa shape index (κ2) is 29.4. The lowest BCUT2D eigenvalue weighted by atomic mass is 10.1. The highest BCUT2D eigenvalue weighted by Gasteiger charge is 2.09. The summed E-state index contributed by atoms with van der Waals surface area (Å²) < 4.78 is 17.5. The number of rotatable bonds is 30. The van der Waals surface area contributed by atoms with Gasteiger partial charge in [0.05, 0.1) is 47.2 Å². The first-order valence-electron chi connectivity index (χ1n) is 23.4. The standard InChI is InChI=1S/C54H67N5O4/c1-3-5-7-9-11-13-14-16-18-20-41-62-52-38-34-50(35-39-52)59-57-48-30-28-46(29-31-48)55-43-44-22-21-23-53(42-44)63-54(60)45-24-26-47(27-25-45)56-58-49-32-36-51(37-33-49)61-40-19-17-15-12-10-8-6-4-2/h21-39,42-43H,3-20,40-41H2,1-2H3. The Labute approximate surface area is 376 Å². The molecule has 0 spiro atoms. The summed E-state index contributed by atoms with van der Waals surface area (Å²) in [6, 6.07) is 36.9. The van der Waals surface area contributed by atoms with Crippen molar-refractivity contribution in [2.45, 2.75) is 129 Å². The van der Waals surface area contributed by atoms with E-state index in [9.17, 15) is 4.79 Å². The molecular formula is C54H67N5O4. The first-order chi connectivity index (χ1) is 31.1. The van der Waals surface area contributed by atoms with Crippen LogP contribution in [0.5, 0.6) is 17.2 Å². The third kappa shape index (κ3) is 19.7. The molecule has 0 aliphatic rings. The minimum Gasteiger partial charge on any atom is -0.494 e. The van der Waals surface area contributed by atoms with Crippen LogP contribution in [0.4, 0.5) is 28.4 Å². The number of carbonyl (C=O) groups excluding carboxylic acids is 1. The third-order valence-corrected chi connectivity index (χ3v) is 10.7. The lowest BCUT2D eigenvalue weighted by Crippen LogP contribution is -2.08. The SMILES string of the molecule is CCCCCCCCCCCCOc1ccc(N=Nc2ccc(N=Cc3cccc(OC(=O)c4ccc(N=Nc5ccc(OCCCCCCCCCC)cc5)cc4)c3)cc2)cc1. The molecule has 0 unspecified atom stereocenters. The molecule has 0 aromatic heterocycles. The highest BCUT2D eigenvalue weighted by molar-refractivity contribution is 5.91. The van der Waals surface area contributed by atoms with Crippen LogP contribution in [0.2, 0.25) is 0 Å². The molecule has 0 fully saturated rings. The van der Waals surface area contributed by atoms with Gasteiger partial charge in [0.1, 0.15) is 17.2 Å². The maximum absolute atomic E-state index is 13.0. The summed E-state index contributed by atoms with van der Waals surface area (Å²) in [5.74, 6) is 1.64. The molecule has 0 saturated carbocycles. The van der Waals surface area contributed by atoms with Crippen LogP contribution in [0.1, 0.15) is 145 Å². The van der Waals surface area contributed by atoms with E-state index in [1.807, 2.05) is 84.9 Å². The van der Waals surface area contributed by atoms with Crippen molar-refractivity contribution in [3.63, 3.8) is 0 Å². The van der Waals surface area contributed by atoms with Gasteiger partial charge in [0.2, 0.25) is 0 Å². The number of ether oxygens (including phenoxy) is 3. The quantitative estimate of drug-likeness (QED) is 0.0151. The second-order valence-electron chi connectivity index (χ2n) is 16.0. The number of carbonyl (C=O) groups is 1. The van der Waals surface area contributed by atoms with Gasteiger partial charge in [0, 0.05) is 6.21 Å². The van der Waals surface area contributed by atoms with E-state index >= 15 is 0 Å². The topological polar surface area (TPSA) is 107 Å². The van der Waals surface area contributed by atoms with Crippen LogP contribution in [-0.4, -0.2) is 25.4 Å². The molecule has 9 heteroatoms. The minimum absolute atomic E-state index is 0.407. The van der Waals surface area contributed by atoms with Crippen LogP contribution >= 0.6 is 0 Å². The lowest BCUT2D eigenvalue weighted by Gasteiger charge is -2.06. The van der Waals surface area contributed by atoms with Crippen molar-refractivity contribution in [2.24, 2.45) is 25.4 Å². The number of hydrogen-bond donors (Lipinski definition) is 0. The smallest absolute Gasteiger partial charge is 0.343 e. The van der Waals surface area contributed by atoms with E-state index in [0.717, 1.165) is 65.9 Å². The molecule has 0 aliphatic carbocycles. The Morgan fingerprint density at radius 2 is 0.810 bits per heavy atom. The predicted octanol–water partition coefficient (Wildman–Crippen LogP) is 17.3. The molecule has 332 valence electrons. The molecular weight excluding hydrogens is 783 g/mol. The molecule has 0 atom stereocenters. The number of hydrogen-bond acceptors (Lipinski definition) is 9. The molecule has 0 saturated heterocycles. The fourth-order valence-corrected chi connectivity index (χ4v) is 6.90. The Morgan fingerprint density at radius 1 is 0.429 bits per heavy atom. The predicted molar refractivity (Wildman–Crippen MR) is 258 cm³/mol. The first kappa shape index (κ1) is 48.1. The average molecular weight is 850 g/mol. The van der Waals surface area contributed by atoms with Gasteiger partial charge >= 0.3 is 5.97 Å². The number of nitrogens with zero attached hydrogens (tertiary/aromatic N) is 5. The maximum atomic E-state index is 13.0. The zero-order chi connectivity index (χ0) is 44.0. The van der Waals surface area contributed by atoms with E-state index in [1.165, 1.54) is 103 Å². The average Bonchev–Trinajstić information content (AvgIpc) is 3.32. The number of azo groups is 2. The molecule has 0 amide bonds. The Morgan fingerprint density at radius 3 is 1.25 bits per heavy atom. The fraction of sp³-hybridized carbons (Fsp3) is 0.407. The van der Waals surface area contributed by atoms with Gasteiger partial charge in [0.25, 0.3) is 0 Å². The normalized spacial score (nSPS) is 11.5. The Hall–Kier alpha value is -5.96. The van der Waals surface area contributed by atoms with Crippen molar-refractivity contribution >= 4 is 40.6 Å². The van der Waals surface area contributed by atoms with Gasteiger partial charge < -0.3 is 14.2 Å². The van der Waals surface area contributed by atoms with Crippen LogP contribution in [0, 0.1) is 0 Å². The molecule has 0 bridgehead atoms. The molecule has 63 heavy (non-hydrogen) atoms. The zero-order valence-corrected chi connectivity index (χ0v) is 37.6. The summed E-state index contributed by atoms with van der Waals surface area (Å²) in [5.41, 5.74) is 4.78. The first-order valence-corrected chi connectivity index (χ1v) is 23.4. The van der Waals surface area contributed by atoms with E-state index in [4.69, 9.17) is 14.2 Å². The fourth-order valence-electron chi connectivity index (χ4n) is 6.90. The van der Waals surface area contributed by atoms with Crippen LogP contribution in [-0.2, 0) is 0 Å². The maximum Gasteiger partial charge on any atom is 0.343 e. The van der Waals surface area contributed by atoms with Gasteiger partial charge in [-0.2, -0.15) is 20.5 Å². The van der Waals surface area contributed by atoms with Crippen molar-refractivity contribution in [3.8, 4) is 17.2 Å². The molecule has 5 aromatic carbocycles. The van der Waals surface area contributed by atoms with Crippen molar-refractivity contribution in [2.75, 3.05) is 13.2 Å². The van der Waals surface area contributed by atoms with E-state index < -0.39 is 5.97 Å². The Bertz CT molecular complexity index is 2100. The summed E-state index contributed by atoms with van der Waals surface area (Å²) in [6.07, 6.45) is 25.0. The van der Waals surface area contributed by atoms with Gasteiger partial charge in [-0.1, -0.05) is 129 Å². The van der Waals surface area contributed by atoms with Crippen molar-refractivity contribution in [1.29, 1.82) is 0 Å². The summed E-state index contributed by atoms with van der Waals surface area (Å²) in [4.78, 5) is 17.5. The molecule has 9 nitrogen and oxygen atoms in total. The molecule has 0 heterocycles. The van der Waals surface area contributed by atoms with Crippen LogP contribution in [0.15, 0.2) is 147 Å². The number of unbranched alkanes of at least 4 members (excludes halogenated alkanes) is 16. The molecule has 0 radical (unpaired) electrons. The van der Waals surface area contributed by atoms with E-state index in [1.54, 1.807) is 42.6 Å². The highest BCUT2D eigenvalue weighted by Crippen LogP contribution is 2.26. The molecule has 5 rings (SSSR count). The molecule has 0 aliphatic heterocycles. The number of benzene rings is 5. The third-order valence-electron chi connectivity index (χ3n) is 10.7. The van der Waals surface area contributed by atoms with E-state index in [2.05, 4.69) is 39.3 Å². The summed E-state index contributed by atoms with van der Waals surface area (Å²) in [5, 5.41) is 17.4. The molecule has 5 aromatic rings. The second-order valence-corrected chi connectivity index (χ2v) is 16.0. The van der Waals surface area contributed by atoms with Crippen molar-refractivity contribution in [3.05, 3.63) is 132 Å². The minimum atomic E-state index is -0.469. The van der Waals surface area contributed by atoms with Gasteiger partial charge in [-0.05, 0) is 128 Å². The number of esters is 1. The van der Waals surface area contributed by atoms with Crippen LogP contribution < -0.4 is 14.2 Å². The Balaban J connectivity index is 0.983. The monoisotopic (exact) mass is 850 g/mol. The van der Waals surface area contributed by atoms with Gasteiger partial charge in [-0.15, -0.1) is 0 Å². The number of aliphatic imine (C=N–C) groups is 1. The summed E-state index contributed by atoms with van der Waals surface area (Å²) in [6.45, 7) is 5.98. The van der Waals surface area contributed by atoms with E-state index in [0.29, 0.717) is 17.0 Å². The van der Waals surface area contributed by atoms with Gasteiger partial charge in [-0.3, -0.25) is 4.99 Å². The molecule has 0 N–H and O–H groups in total. The largest absolute Gasteiger partial charge is 0.494 e. The van der Waals surface area contributed by atoms with Crippen LogP contribution in [0.3, 0.4) is 0 Å². The van der Waals surface area contributed by atoms with Crippen molar-refractivity contribution in [1.82, 2.24) is 0 Å². The zero-order valence-electron chi connectivity index (χ0n) is 37.6. The Kier molecular flexibility index (Phi) is 22.4. The van der Waals surface area contributed by atoms with Gasteiger partial charge in [-0.25, -0.2) is 4.79 Å². The summed E-state index contributed by atoms with van der Waals surface area (Å²) in [7, 11) is 0. The van der Waals surface area contributed by atoms with E-state index in [-0.39, 0.29) is 0 Å². The highest BCUT2D eigenvalue weighted by atomic mass is 16.5. The van der Waals surface area contributed by atoms with Crippen LogP contribution in [0.25, 0.3) is 0 Å². The summed E-state index contributed by atoms with van der Waals surface area (Å²) >= 11 is 0. The lowest BCUT2D eigenvalue weighted by molar-refractivity contribution is 0.0734. The van der Waals surface area contributed by atoms with Crippen molar-refractivity contribution < 1.29 is 19.0 Å². The van der Waals surface area contributed by atoms with Gasteiger partial charge in [0.15, 0.2) is 0 Å².